The standard InChI is InChI=1S/C21H26N6O/c1-13-5-6-15(21(28)25-16-7-8-16)10-17(13)27-12-24-18-19(22-11-23-20(18)27)26-9-3-4-14(26)2/h5-6,11-12,14,16-17H,3-4,7-10H2,1-2H3,(H,25,28). The average Bonchev–Trinajstić information content (AvgIpc) is 3.23. The van der Waals surface area contributed by atoms with Gasteiger partial charge in [-0.2, -0.15) is 0 Å². The minimum Gasteiger partial charge on any atom is -0.352 e. The van der Waals surface area contributed by atoms with Crippen LogP contribution in [0.1, 0.15) is 52.0 Å². The third kappa shape index (κ3) is 2.99. The first-order valence-electron chi connectivity index (χ1n) is 10.2. The molecule has 0 radical (unpaired) electrons. The zero-order valence-corrected chi connectivity index (χ0v) is 16.4. The number of carbonyl (C=O) groups excluding carboxylic acids is 1. The average molecular weight is 378 g/mol. The molecule has 2 atom stereocenters. The van der Waals surface area contributed by atoms with E-state index < -0.39 is 0 Å². The summed E-state index contributed by atoms with van der Waals surface area (Å²) in [6.45, 7) is 5.35. The van der Waals surface area contributed by atoms with Gasteiger partial charge in [0.2, 0.25) is 5.91 Å². The summed E-state index contributed by atoms with van der Waals surface area (Å²) < 4.78 is 2.10. The molecule has 2 aromatic heterocycles. The number of nitrogens with one attached hydrogen (secondary N) is 1. The van der Waals surface area contributed by atoms with Gasteiger partial charge >= 0.3 is 0 Å². The van der Waals surface area contributed by atoms with Crippen molar-refractivity contribution in [2.75, 3.05) is 11.4 Å². The van der Waals surface area contributed by atoms with E-state index >= 15 is 0 Å². The lowest BCUT2D eigenvalue weighted by Gasteiger charge is -2.25. The SMILES string of the molecule is CC1=CC=C(C(=O)NC2CC2)CC1n1cnc2c(N3CCCC3C)ncnc21. The van der Waals surface area contributed by atoms with E-state index in [9.17, 15) is 4.79 Å². The van der Waals surface area contributed by atoms with Crippen LogP contribution in [0.2, 0.25) is 0 Å². The molecule has 28 heavy (non-hydrogen) atoms. The Bertz CT molecular complexity index is 986. The number of allylic oxidation sites excluding steroid dienone is 3. The van der Waals surface area contributed by atoms with Crippen molar-refractivity contribution >= 4 is 22.9 Å². The van der Waals surface area contributed by atoms with Crippen molar-refractivity contribution in [1.82, 2.24) is 24.8 Å². The van der Waals surface area contributed by atoms with Crippen LogP contribution >= 0.6 is 0 Å². The summed E-state index contributed by atoms with van der Waals surface area (Å²) in [5, 5.41) is 3.10. The number of fused-ring (bicyclic) bond motifs is 1. The maximum Gasteiger partial charge on any atom is 0.247 e. The Hall–Kier alpha value is -2.70. The smallest absolute Gasteiger partial charge is 0.247 e. The summed E-state index contributed by atoms with van der Waals surface area (Å²) in [4.78, 5) is 28.6. The molecule has 2 aromatic rings. The molecule has 1 N–H and O–H groups in total. The van der Waals surface area contributed by atoms with Crippen LogP contribution in [0.15, 0.2) is 36.0 Å². The second kappa shape index (κ2) is 6.72. The summed E-state index contributed by atoms with van der Waals surface area (Å²) in [6.07, 6.45) is 12.7. The fraction of sp³-hybridized carbons (Fsp3) is 0.524. The van der Waals surface area contributed by atoms with Crippen LogP contribution in [0.3, 0.4) is 0 Å². The lowest BCUT2D eigenvalue weighted by Crippen LogP contribution is -2.29. The fourth-order valence-electron chi connectivity index (χ4n) is 4.30. The summed E-state index contributed by atoms with van der Waals surface area (Å²) in [5.74, 6) is 0.982. The molecule has 2 unspecified atom stereocenters. The Morgan fingerprint density at radius 3 is 2.79 bits per heavy atom. The van der Waals surface area contributed by atoms with Gasteiger partial charge in [-0.3, -0.25) is 4.79 Å². The predicted molar refractivity (Wildman–Crippen MR) is 108 cm³/mol. The number of hydrogen-bond donors (Lipinski definition) is 1. The quantitative estimate of drug-likeness (QED) is 0.885. The highest BCUT2D eigenvalue weighted by Crippen LogP contribution is 2.34. The van der Waals surface area contributed by atoms with Crippen molar-refractivity contribution in [3.05, 3.63) is 36.0 Å². The second-order valence-electron chi connectivity index (χ2n) is 8.28. The fourth-order valence-corrected chi connectivity index (χ4v) is 4.30. The zero-order chi connectivity index (χ0) is 19.3. The number of hydrogen-bond acceptors (Lipinski definition) is 5. The van der Waals surface area contributed by atoms with Gasteiger partial charge in [-0.25, -0.2) is 15.0 Å². The maximum atomic E-state index is 12.5. The van der Waals surface area contributed by atoms with Crippen LogP contribution < -0.4 is 10.2 Å². The molecule has 2 aliphatic carbocycles. The van der Waals surface area contributed by atoms with Crippen LogP contribution in [-0.4, -0.2) is 44.1 Å². The molecule has 1 aliphatic heterocycles. The van der Waals surface area contributed by atoms with Crippen molar-refractivity contribution in [2.45, 2.75) is 64.1 Å². The van der Waals surface area contributed by atoms with Crippen LogP contribution in [0.5, 0.6) is 0 Å². The van der Waals surface area contributed by atoms with Crippen molar-refractivity contribution in [1.29, 1.82) is 0 Å². The Morgan fingerprint density at radius 1 is 1.18 bits per heavy atom. The minimum absolute atomic E-state index is 0.0497. The highest BCUT2D eigenvalue weighted by atomic mass is 16.1. The molecule has 0 aromatic carbocycles. The van der Waals surface area contributed by atoms with Crippen molar-refractivity contribution in [2.24, 2.45) is 0 Å². The number of aromatic nitrogens is 4. The molecule has 7 heteroatoms. The maximum absolute atomic E-state index is 12.5. The number of imidazole rings is 1. The zero-order valence-electron chi connectivity index (χ0n) is 16.4. The Labute approximate surface area is 164 Å². The third-order valence-electron chi connectivity index (χ3n) is 6.19. The third-order valence-corrected chi connectivity index (χ3v) is 6.19. The van der Waals surface area contributed by atoms with E-state index in [-0.39, 0.29) is 11.9 Å². The van der Waals surface area contributed by atoms with Crippen LogP contribution in [-0.2, 0) is 4.79 Å². The Morgan fingerprint density at radius 2 is 2.04 bits per heavy atom. The Kier molecular flexibility index (Phi) is 4.18. The molecule has 3 aliphatic rings. The van der Waals surface area contributed by atoms with Gasteiger partial charge in [0.05, 0.1) is 12.4 Å². The van der Waals surface area contributed by atoms with E-state index in [1.54, 1.807) is 6.33 Å². The van der Waals surface area contributed by atoms with Gasteiger partial charge in [0, 0.05) is 30.6 Å². The number of amides is 1. The number of carbonyl (C=O) groups is 1. The van der Waals surface area contributed by atoms with E-state index in [0.29, 0.717) is 18.5 Å². The molecule has 146 valence electrons. The van der Waals surface area contributed by atoms with Gasteiger partial charge in [0.1, 0.15) is 6.33 Å². The van der Waals surface area contributed by atoms with Crippen molar-refractivity contribution < 1.29 is 4.79 Å². The van der Waals surface area contributed by atoms with E-state index in [1.165, 1.54) is 18.4 Å². The molecule has 2 fully saturated rings. The first-order valence-corrected chi connectivity index (χ1v) is 10.2. The van der Waals surface area contributed by atoms with Gasteiger partial charge in [-0.05, 0) is 39.5 Å². The van der Waals surface area contributed by atoms with Gasteiger partial charge in [-0.15, -0.1) is 0 Å². The van der Waals surface area contributed by atoms with E-state index in [0.717, 1.165) is 41.9 Å². The van der Waals surface area contributed by atoms with Gasteiger partial charge in [0.25, 0.3) is 0 Å². The molecule has 1 saturated heterocycles. The minimum atomic E-state index is 0.0497. The summed E-state index contributed by atoms with van der Waals surface area (Å²) in [5.41, 5.74) is 3.72. The highest BCUT2D eigenvalue weighted by Gasteiger charge is 2.30. The number of anilines is 1. The topological polar surface area (TPSA) is 75.9 Å². The molecule has 1 saturated carbocycles. The lowest BCUT2D eigenvalue weighted by atomic mass is 9.93. The molecule has 7 nitrogen and oxygen atoms in total. The second-order valence-corrected chi connectivity index (χ2v) is 8.28. The molecule has 0 bridgehead atoms. The van der Waals surface area contributed by atoms with Gasteiger partial charge in [-0.1, -0.05) is 17.7 Å². The molecular formula is C21H26N6O. The van der Waals surface area contributed by atoms with E-state index in [2.05, 4.69) is 43.6 Å². The normalized spacial score (nSPS) is 25.0. The largest absolute Gasteiger partial charge is 0.352 e. The molecular weight excluding hydrogens is 352 g/mol. The molecule has 3 heterocycles. The highest BCUT2D eigenvalue weighted by molar-refractivity contribution is 5.94. The molecule has 0 spiro atoms. The predicted octanol–water partition coefficient (Wildman–Crippen LogP) is 2.91. The van der Waals surface area contributed by atoms with Gasteiger partial charge < -0.3 is 14.8 Å². The Balaban J connectivity index is 1.47. The van der Waals surface area contributed by atoms with Crippen molar-refractivity contribution in [3.63, 3.8) is 0 Å². The van der Waals surface area contributed by atoms with E-state index in [4.69, 9.17) is 0 Å². The van der Waals surface area contributed by atoms with Crippen LogP contribution in [0.25, 0.3) is 11.2 Å². The first kappa shape index (κ1) is 17.4. The number of rotatable bonds is 4. The van der Waals surface area contributed by atoms with Gasteiger partial charge in [0.15, 0.2) is 17.0 Å². The molecule has 5 rings (SSSR count). The van der Waals surface area contributed by atoms with Crippen molar-refractivity contribution in [3.8, 4) is 0 Å². The lowest BCUT2D eigenvalue weighted by molar-refractivity contribution is -0.117. The summed E-state index contributed by atoms with van der Waals surface area (Å²) in [7, 11) is 0. The number of nitrogens with zero attached hydrogens (tertiary/aromatic N) is 5. The summed E-state index contributed by atoms with van der Waals surface area (Å²) >= 11 is 0. The van der Waals surface area contributed by atoms with E-state index in [1.807, 2.05) is 18.5 Å². The monoisotopic (exact) mass is 378 g/mol. The summed E-state index contributed by atoms with van der Waals surface area (Å²) in [6, 6.07) is 0.889. The first-order chi connectivity index (χ1) is 13.6. The van der Waals surface area contributed by atoms with Crippen LogP contribution in [0, 0.1) is 0 Å². The van der Waals surface area contributed by atoms with Crippen LogP contribution in [0.4, 0.5) is 5.82 Å². The molecule has 1 amide bonds.